The second kappa shape index (κ2) is 7.06. The highest BCUT2D eigenvalue weighted by Gasteiger charge is 2.48. The van der Waals surface area contributed by atoms with E-state index in [-0.39, 0.29) is 11.8 Å². The minimum Gasteiger partial charge on any atom is -0.338 e. The predicted octanol–water partition coefficient (Wildman–Crippen LogP) is 2.45. The molecule has 2 fully saturated rings. The Kier molecular flexibility index (Phi) is 4.47. The van der Waals surface area contributed by atoms with Crippen LogP contribution in [0.15, 0.2) is 47.5 Å². The maximum absolute atomic E-state index is 12.9. The lowest BCUT2D eigenvalue weighted by molar-refractivity contribution is -0.135. The van der Waals surface area contributed by atoms with Crippen molar-refractivity contribution in [1.29, 1.82) is 0 Å². The van der Waals surface area contributed by atoms with Crippen LogP contribution in [0.5, 0.6) is 0 Å². The van der Waals surface area contributed by atoms with Gasteiger partial charge in [-0.2, -0.15) is 0 Å². The fourth-order valence-electron chi connectivity index (χ4n) is 4.31. The molecule has 0 aromatic heterocycles. The minimum absolute atomic E-state index is 0.0144. The molecule has 2 aromatic rings. The lowest BCUT2D eigenvalue weighted by atomic mass is 9.98. The Morgan fingerprint density at radius 2 is 1.57 bits per heavy atom. The molecule has 2 aliphatic heterocycles. The summed E-state index contributed by atoms with van der Waals surface area (Å²) >= 11 is 0. The molecule has 1 saturated carbocycles. The van der Waals surface area contributed by atoms with Crippen molar-refractivity contribution in [3.63, 3.8) is 0 Å². The fraction of sp³-hybridized carbons (Fsp3) is 0.375. The number of fused-ring (bicyclic) bond motifs is 1. The molecule has 5 rings (SSSR count). The molecular formula is C24H26N4O2. The zero-order chi connectivity index (χ0) is 20.9. The van der Waals surface area contributed by atoms with E-state index in [4.69, 9.17) is 5.73 Å². The smallest absolute Gasteiger partial charge is 0.253 e. The van der Waals surface area contributed by atoms with E-state index < -0.39 is 5.54 Å². The maximum Gasteiger partial charge on any atom is 0.253 e. The van der Waals surface area contributed by atoms with Crippen LogP contribution in [-0.2, 0) is 11.3 Å². The summed E-state index contributed by atoms with van der Waals surface area (Å²) in [5, 5.41) is 0. The monoisotopic (exact) mass is 402 g/mol. The van der Waals surface area contributed by atoms with Gasteiger partial charge in [0.05, 0.1) is 12.1 Å². The fourth-order valence-corrected chi connectivity index (χ4v) is 4.31. The molecule has 6 nitrogen and oxygen atoms in total. The van der Waals surface area contributed by atoms with E-state index in [9.17, 15) is 9.59 Å². The van der Waals surface area contributed by atoms with Gasteiger partial charge in [0.25, 0.3) is 5.91 Å². The van der Waals surface area contributed by atoms with E-state index in [1.165, 1.54) is 11.1 Å². The number of aliphatic imine (C=N–C) groups is 1. The Hall–Kier alpha value is -2.99. The van der Waals surface area contributed by atoms with Gasteiger partial charge in [0, 0.05) is 43.0 Å². The highest BCUT2D eigenvalue weighted by Crippen LogP contribution is 2.34. The summed E-state index contributed by atoms with van der Waals surface area (Å²) in [5.74, 6) is 0.0504. The van der Waals surface area contributed by atoms with Crippen LogP contribution >= 0.6 is 0 Å². The molecule has 1 saturated heterocycles. The first-order valence-corrected chi connectivity index (χ1v) is 10.6. The topological polar surface area (TPSA) is 79.0 Å². The summed E-state index contributed by atoms with van der Waals surface area (Å²) in [7, 11) is 0. The molecule has 2 N–H and O–H groups in total. The van der Waals surface area contributed by atoms with Gasteiger partial charge in [-0.15, -0.1) is 0 Å². The number of nitrogens with two attached hydrogens (primary N) is 1. The van der Waals surface area contributed by atoms with E-state index in [1.54, 1.807) is 4.90 Å². The van der Waals surface area contributed by atoms with Crippen molar-refractivity contribution in [2.24, 2.45) is 10.7 Å². The second-order valence-corrected chi connectivity index (χ2v) is 8.59. The Bertz CT molecular complexity index is 1050. The lowest BCUT2D eigenvalue weighted by Gasteiger charge is -2.36. The van der Waals surface area contributed by atoms with Crippen LogP contribution < -0.4 is 5.73 Å². The summed E-state index contributed by atoms with van der Waals surface area (Å²) in [6, 6.07) is 14.2. The van der Waals surface area contributed by atoms with Crippen molar-refractivity contribution in [2.75, 3.05) is 26.2 Å². The van der Waals surface area contributed by atoms with Crippen LogP contribution in [0.1, 0.15) is 41.3 Å². The quantitative estimate of drug-likeness (QED) is 0.857. The number of rotatable bonds is 3. The molecule has 0 spiro atoms. The average Bonchev–Trinajstić information content (AvgIpc) is 3.44. The molecule has 2 amide bonds. The molecule has 2 heterocycles. The van der Waals surface area contributed by atoms with Gasteiger partial charge in [0.2, 0.25) is 5.91 Å². The first-order chi connectivity index (χ1) is 14.4. The van der Waals surface area contributed by atoms with Crippen LogP contribution in [0.3, 0.4) is 0 Å². The molecule has 0 bridgehead atoms. The van der Waals surface area contributed by atoms with Gasteiger partial charge in [-0.3, -0.25) is 14.6 Å². The maximum atomic E-state index is 12.9. The average molecular weight is 402 g/mol. The van der Waals surface area contributed by atoms with Crippen molar-refractivity contribution in [1.82, 2.24) is 9.80 Å². The number of carbonyl (C=O) groups excluding carboxylic acids is 2. The van der Waals surface area contributed by atoms with E-state index in [2.05, 4.69) is 23.2 Å². The number of benzene rings is 2. The van der Waals surface area contributed by atoms with Gasteiger partial charge in [0.1, 0.15) is 0 Å². The zero-order valence-electron chi connectivity index (χ0n) is 17.2. The van der Waals surface area contributed by atoms with Crippen molar-refractivity contribution in [2.45, 2.75) is 31.8 Å². The first-order valence-electron chi connectivity index (χ1n) is 10.6. The Morgan fingerprint density at radius 3 is 2.23 bits per heavy atom. The zero-order valence-corrected chi connectivity index (χ0v) is 17.2. The number of nitrogens with zero attached hydrogens (tertiary/aromatic N) is 3. The molecule has 0 atom stereocenters. The molecular weight excluding hydrogens is 376 g/mol. The third-order valence-corrected chi connectivity index (χ3v) is 6.52. The molecule has 154 valence electrons. The van der Waals surface area contributed by atoms with Crippen LogP contribution in [0, 0.1) is 0 Å². The van der Waals surface area contributed by atoms with Crippen molar-refractivity contribution < 1.29 is 9.59 Å². The number of hydrogen-bond acceptors (Lipinski definition) is 4. The largest absolute Gasteiger partial charge is 0.338 e. The first kappa shape index (κ1) is 19.0. The van der Waals surface area contributed by atoms with Gasteiger partial charge < -0.3 is 15.5 Å². The molecule has 0 unspecified atom stereocenters. The summed E-state index contributed by atoms with van der Waals surface area (Å²) in [5.41, 5.74) is 11.9. The van der Waals surface area contributed by atoms with Gasteiger partial charge >= 0.3 is 0 Å². The van der Waals surface area contributed by atoms with E-state index in [0.717, 1.165) is 36.2 Å². The lowest BCUT2D eigenvalue weighted by Crippen LogP contribution is -2.55. The van der Waals surface area contributed by atoms with Crippen molar-refractivity contribution in [3.05, 3.63) is 59.2 Å². The number of amides is 2. The van der Waals surface area contributed by atoms with Crippen LogP contribution in [0.2, 0.25) is 0 Å². The standard InChI is InChI=1S/C24H26N4O2/c1-16-21-7-6-19(14-20(21)15-26-16)17-2-4-18(5-3-17)22(29)27-10-12-28(13-11-27)23(30)24(25)8-9-24/h2-7,14H,8-13,15,25H2,1H3. The van der Waals surface area contributed by atoms with E-state index in [1.807, 2.05) is 36.1 Å². The second-order valence-electron chi connectivity index (χ2n) is 8.59. The SMILES string of the molecule is CC1=NCc2cc(-c3ccc(C(=O)N4CCN(C(=O)C5(N)CC5)CC4)cc3)ccc21. The Balaban J connectivity index is 1.24. The molecule has 2 aromatic carbocycles. The molecule has 1 aliphatic carbocycles. The molecule has 6 heteroatoms. The molecule has 30 heavy (non-hydrogen) atoms. The Morgan fingerprint density at radius 1 is 0.933 bits per heavy atom. The van der Waals surface area contributed by atoms with E-state index in [0.29, 0.717) is 31.7 Å². The van der Waals surface area contributed by atoms with Gasteiger partial charge in [-0.25, -0.2) is 0 Å². The normalized spacial score (nSPS) is 19.3. The number of carbonyl (C=O) groups is 2. The van der Waals surface area contributed by atoms with Crippen LogP contribution in [-0.4, -0.2) is 59.0 Å². The summed E-state index contributed by atoms with van der Waals surface area (Å²) in [6.07, 6.45) is 1.54. The minimum atomic E-state index is -0.635. The highest BCUT2D eigenvalue weighted by atomic mass is 16.2. The van der Waals surface area contributed by atoms with Crippen LogP contribution in [0.4, 0.5) is 0 Å². The van der Waals surface area contributed by atoms with Gasteiger partial charge in [0.15, 0.2) is 0 Å². The van der Waals surface area contributed by atoms with E-state index >= 15 is 0 Å². The molecule has 0 radical (unpaired) electrons. The molecule has 3 aliphatic rings. The van der Waals surface area contributed by atoms with Crippen LogP contribution in [0.25, 0.3) is 11.1 Å². The third-order valence-electron chi connectivity index (χ3n) is 6.52. The van der Waals surface area contributed by atoms with Gasteiger partial charge in [-0.05, 0) is 54.7 Å². The predicted molar refractivity (Wildman–Crippen MR) is 116 cm³/mol. The van der Waals surface area contributed by atoms with Crippen molar-refractivity contribution >= 4 is 17.5 Å². The summed E-state index contributed by atoms with van der Waals surface area (Å²) in [6.45, 7) is 4.99. The summed E-state index contributed by atoms with van der Waals surface area (Å²) in [4.78, 5) is 33.4. The van der Waals surface area contributed by atoms with Gasteiger partial charge in [-0.1, -0.05) is 24.3 Å². The van der Waals surface area contributed by atoms with Crippen molar-refractivity contribution in [3.8, 4) is 11.1 Å². The highest BCUT2D eigenvalue weighted by molar-refractivity contribution is 6.02. The third kappa shape index (κ3) is 3.31. The summed E-state index contributed by atoms with van der Waals surface area (Å²) < 4.78 is 0. The Labute approximate surface area is 176 Å². The number of piperazine rings is 1. The number of hydrogen-bond donors (Lipinski definition) is 1.